The van der Waals surface area contributed by atoms with E-state index in [-0.39, 0.29) is 18.5 Å². The zero-order chi connectivity index (χ0) is 17.5. The molecule has 0 bridgehead atoms. The van der Waals surface area contributed by atoms with Gasteiger partial charge >= 0.3 is 5.97 Å². The number of aromatic nitrogens is 1. The molecule has 0 aromatic carbocycles. The highest BCUT2D eigenvalue weighted by Gasteiger charge is 2.09. The number of nitrogens with two attached hydrogens (primary N) is 1. The summed E-state index contributed by atoms with van der Waals surface area (Å²) in [7, 11) is 0. The van der Waals surface area contributed by atoms with Crippen LogP contribution in [0.2, 0.25) is 0 Å². The number of nitrogens with zero attached hydrogens (tertiary/aromatic N) is 1. The van der Waals surface area contributed by atoms with Gasteiger partial charge in [-0.15, -0.1) is 22.7 Å². The van der Waals surface area contributed by atoms with E-state index in [1.165, 1.54) is 18.3 Å². The summed E-state index contributed by atoms with van der Waals surface area (Å²) in [6.45, 7) is 1.47. The fourth-order valence-corrected chi connectivity index (χ4v) is 3.47. The first-order valence-electron chi connectivity index (χ1n) is 6.98. The third-order valence-corrected chi connectivity index (χ3v) is 4.55. The van der Waals surface area contributed by atoms with Crippen molar-refractivity contribution in [3.63, 3.8) is 0 Å². The van der Waals surface area contributed by atoms with Crippen LogP contribution < -0.4 is 16.4 Å². The van der Waals surface area contributed by atoms with Crippen molar-refractivity contribution in [3.05, 3.63) is 22.4 Å². The van der Waals surface area contributed by atoms with Gasteiger partial charge in [-0.1, -0.05) is 0 Å². The van der Waals surface area contributed by atoms with Gasteiger partial charge in [-0.05, 0) is 23.4 Å². The summed E-state index contributed by atoms with van der Waals surface area (Å²) in [5, 5.41) is 17.0. The third kappa shape index (κ3) is 5.63. The molecule has 0 saturated carbocycles. The lowest BCUT2D eigenvalue weighted by Gasteiger charge is -2.04. The van der Waals surface area contributed by atoms with Crippen molar-refractivity contribution in [2.75, 3.05) is 18.5 Å². The van der Waals surface area contributed by atoms with Gasteiger partial charge in [-0.2, -0.15) is 0 Å². The van der Waals surface area contributed by atoms with E-state index in [0.29, 0.717) is 18.1 Å². The zero-order valence-electron chi connectivity index (χ0n) is 12.9. The van der Waals surface area contributed by atoms with Gasteiger partial charge in [0.2, 0.25) is 0 Å². The minimum Gasteiger partial charge on any atom is -0.456 e. The number of hydrogen-bond donors (Lipinski definition) is 4. The Kier molecular flexibility index (Phi) is 6.27. The minimum atomic E-state index is -0.477. The van der Waals surface area contributed by atoms with Gasteiger partial charge in [0.25, 0.3) is 5.91 Å². The molecule has 8 nitrogen and oxygen atoms in total. The summed E-state index contributed by atoms with van der Waals surface area (Å²) < 4.78 is 4.61. The maximum absolute atomic E-state index is 11.4. The van der Waals surface area contributed by atoms with Crippen LogP contribution in [0.1, 0.15) is 12.5 Å². The molecule has 1 amide bonds. The Morgan fingerprint density at radius 1 is 1.38 bits per heavy atom. The van der Waals surface area contributed by atoms with Crippen LogP contribution in [-0.4, -0.2) is 36.0 Å². The average Bonchev–Trinajstić information content (AvgIpc) is 3.13. The molecule has 0 spiro atoms. The highest BCUT2D eigenvalue weighted by atomic mass is 32.1. The molecule has 2 aromatic heterocycles. The Hall–Kier alpha value is -2.46. The standard InChI is InChI=1S/C14H17N5O3S2/c1-8(20)22-5-12(21)17-3-2-9-4-11(23-6-9)10-7-24-14(18-10)19-13(15)16/h4,6-7H,2-3,5H2,1H3,(H,17,21)(H4,15,16,18,19). The monoisotopic (exact) mass is 367 g/mol. The lowest BCUT2D eigenvalue weighted by Crippen LogP contribution is -2.30. The minimum absolute atomic E-state index is 0.146. The Bertz CT molecular complexity index is 740. The number of thiazole rings is 1. The van der Waals surface area contributed by atoms with Gasteiger partial charge in [0, 0.05) is 18.8 Å². The van der Waals surface area contributed by atoms with E-state index in [2.05, 4.69) is 20.4 Å². The first kappa shape index (κ1) is 17.9. The molecule has 0 unspecified atom stereocenters. The van der Waals surface area contributed by atoms with Crippen LogP contribution in [0.4, 0.5) is 5.13 Å². The normalized spacial score (nSPS) is 10.2. The van der Waals surface area contributed by atoms with Crippen molar-refractivity contribution in [1.29, 1.82) is 5.41 Å². The van der Waals surface area contributed by atoms with Crippen LogP contribution in [0.25, 0.3) is 10.6 Å². The van der Waals surface area contributed by atoms with E-state index >= 15 is 0 Å². The van der Waals surface area contributed by atoms with Crippen molar-refractivity contribution >= 4 is 45.6 Å². The average molecular weight is 367 g/mol. The largest absolute Gasteiger partial charge is 0.456 e. The second-order valence-electron chi connectivity index (χ2n) is 4.78. The number of ether oxygens (including phenoxy) is 1. The van der Waals surface area contributed by atoms with Crippen LogP contribution >= 0.6 is 22.7 Å². The highest BCUT2D eigenvalue weighted by molar-refractivity contribution is 7.16. The number of carbonyl (C=O) groups is 2. The zero-order valence-corrected chi connectivity index (χ0v) is 14.6. The second kappa shape index (κ2) is 8.41. The van der Waals surface area contributed by atoms with Gasteiger partial charge in [0.1, 0.15) is 0 Å². The molecule has 0 saturated heterocycles. The summed E-state index contributed by atoms with van der Waals surface area (Å²) in [5.74, 6) is -0.943. The molecule has 0 radical (unpaired) electrons. The summed E-state index contributed by atoms with van der Waals surface area (Å²) in [6, 6.07) is 2.01. The Morgan fingerprint density at radius 3 is 2.88 bits per heavy atom. The maximum atomic E-state index is 11.4. The number of thiophene rings is 1. The fourth-order valence-electron chi connectivity index (χ4n) is 1.76. The Balaban J connectivity index is 1.82. The lowest BCUT2D eigenvalue weighted by molar-refractivity contribution is -0.146. The maximum Gasteiger partial charge on any atom is 0.303 e. The van der Waals surface area contributed by atoms with Crippen molar-refractivity contribution in [3.8, 4) is 10.6 Å². The van der Waals surface area contributed by atoms with Crippen molar-refractivity contribution in [1.82, 2.24) is 10.3 Å². The molecule has 0 atom stereocenters. The molecular formula is C14H17N5O3S2. The van der Waals surface area contributed by atoms with Gasteiger partial charge < -0.3 is 21.1 Å². The van der Waals surface area contributed by atoms with Gasteiger partial charge in [-0.3, -0.25) is 15.0 Å². The van der Waals surface area contributed by atoms with Gasteiger partial charge in [0.05, 0.1) is 10.6 Å². The topological polar surface area (TPSA) is 130 Å². The summed E-state index contributed by atoms with van der Waals surface area (Å²) in [6.07, 6.45) is 0.672. The first-order valence-corrected chi connectivity index (χ1v) is 8.74. The van der Waals surface area contributed by atoms with Gasteiger partial charge in [-0.25, -0.2) is 4.98 Å². The van der Waals surface area contributed by atoms with E-state index in [9.17, 15) is 9.59 Å². The predicted molar refractivity (Wildman–Crippen MR) is 94.3 cm³/mol. The molecule has 128 valence electrons. The van der Waals surface area contributed by atoms with E-state index in [1.54, 1.807) is 11.3 Å². The summed E-state index contributed by atoms with van der Waals surface area (Å²) in [5.41, 5.74) is 7.17. The number of guanidine groups is 1. The number of rotatable bonds is 7. The molecule has 10 heteroatoms. The molecule has 0 fully saturated rings. The second-order valence-corrected chi connectivity index (χ2v) is 6.55. The quantitative estimate of drug-likeness (QED) is 0.332. The van der Waals surface area contributed by atoms with Crippen LogP contribution in [0, 0.1) is 5.41 Å². The number of anilines is 1. The molecule has 2 rings (SSSR count). The lowest BCUT2D eigenvalue weighted by atomic mass is 10.2. The van der Waals surface area contributed by atoms with Crippen LogP contribution in [-0.2, 0) is 20.7 Å². The Morgan fingerprint density at radius 2 is 2.17 bits per heavy atom. The van der Waals surface area contributed by atoms with Crippen LogP contribution in [0.5, 0.6) is 0 Å². The summed E-state index contributed by atoms with van der Waals surface area (Å²) in [4.78, 5) is 27.4. The number of carbonyl (C=O) groups excluding carboxylic acids is 2. The van der Waals surface area contributed by atoms with E-state index < -0.39 is 5.97 Å². The summed E-state index contributed by atoms with van der Waals surface area (Å²) >= 11 is 2.93. The van der Waals surface area contributed by atoms with Crippen LogP contribution in [0.15, 0.2) is 16.8 Å². The smallest absolute Gasteiger partial charge is 0.303 e. The molecule has 2 aromatic rings. The number of nitrogens with one attached hydrogen (secondary N) is 3. The molecule has 2 heterocycles. The number of amides is 1. The van der Waals surface area contributed by atoms with E-state index in [0.717, 1.165) is 16.1 Å². The van der Waals surface area contributed by atoms with E-state index in [1.807, 2.05) is 16.8 Å². The first-order chi connectivity index (χ1) is 11.4. The van der Waals surface area contributed by atoms with Crippen molar-refractivity contribution in [2.24, 2.45) is 5.73 Å². The fraction of sp³-hybridized carbons (Fsp3) is 0.286. The van der Waals surface area contributed by atoms with Crippen molar-refractivity contribution in [2.45, 2.75) is 13.3 Å². The van der Waals surface area contributed by atoms with Crippen LogP contribution in [0.3, 0.4) is 0 Å². The predicted octanol–water partition coefficient (Wildman–Crippen LogP) is 1.40. The molecule has 0 aliphatic rings. The molecule has 0 aliphatic heterocycles. The molecule has 24 heavy (non-hydrogen) atoms. The van der Waals surface area contributed by atoms with Crippen molar-refractivity contribution < 1.29 is 14.3 Å². The number of hydrogen-bond acceptors (Lipinski definition) is 7. The highest BCUT2D eigenvalue weighted by Crippen LogP contribution is 2.30. The van der Waals surface area contributed by atoms with E-state index in [4.69, 9.17) is 11.1 Å². The SMILES string of the molecule is CC(=O)OCC(=O)NCCc1csc(-c2csc(NC(=N)N)n2)c1. The molecule has 0 aliphatic carbocycles. The molecule has 5 N–H and O–H groups in total. The van der Waals surface area contributed by atoms with Gasteiger partial charge in [0.15, 0.2) is 17.7 Å². The Labute approximate surface area is 146 Å². The number of esters is 1. The third-order valence-electron chi connectivity index (χ3n) is 2.79. The molecular weight excluding hydrogens is 350 g/mol.